The molecule has 1 aromatic rings. The molecule has 62 valence electrons. The standard InChI is InChI=1S/C8H14N2O/c1-6-5-9-10(4)7(6)8(2,3)11/h5,11H,1-4H3. The van der Waals surface area contributed by atoms with E-state index in [0.29, 0.717) is 0 Å². The number of aryl methyl sites for hydroxylation is 2. The van der Waals surface area contributed by atoms with Crippen LogP contribution in [0.2, 0.25) is 0 Å². The van der Waals surface area contributed by atoms with Crippen molar-refractivity contribution in [2.24, 2.45) is 7.05 Å². The SMILES string of the molecule is Cc1cnn(C)c1C(C)(C)O. The number of rotatable bonds is 1. The molecule has 0 aliphatic heterocycles. The van der Waals surface area contributed by atoms with Gasteiger partial charge in [-0.2, -0.15) is 5.10 Å². The van der Waals surface area contributed by atoms with E-state index in [0.717, 1.165) is 11.3 Å². The summed E-state index contributed by atoms with van der Waals surface area (Å²) in [6.45, 7) is 5.47. The van der Waals surface area contributed by atoms with E-state index in [2.05, 4.69) is 5.10 Å². The van der Waals surface area contributed by atoms with Gasteiger partial charge in [0.2, 0.25) is 0 Å². The van der Waals surface area contributed by atoms with Crippen LogP contribution in [0.3, 0.4) is 0 Å². The molecule has 1 rings (SSSR count). The molecule has 0 radical (unpaired) electrons. The van der Waals surface area contributed by atoms with Crippen LogP contribution < -0.4 is 0 Å². The molecule has 0 unspecified atom stereocenters. The first kappa shape index (κ1) is 8.27. The highest BCUT2D eigenvalue weighted by Gasteiger charge is 2.22. The average Bonchev–Trinajstić information content (AvgIpc) is 2.08. The number of aliphatic hydroxyl groups is 1. The Kier molecular flexibility index (Phi) is 1.76. The topological polar surface area (TPSA) is 38.0 Å². The molecular formula is C8H14N2O. The summed E-state index contributed by atoms with van der Waals surface area (Å²) in [5, 5.41) is 13.7. The molecule has 1 aromatic heterocycles. The van der Waals surface area contributed by atoms with E-state index in [4.69, 9.17) is 0 Å². The zero-order chi connectivity index (χ0) is 8.65. The Labute approximate surface area is 66.7 Å². The molecule has 1 N–H and O–H groups in total. The Morgan fingerprint density at radius 3 is 2.27 bits per heavy atom. The fraction of sp³-hybridized carbons (Fsp3) is 0.625. The zero-order valence-corrected chi connectivity index (χ0v) is 7.42. The maximum Gasteiger partial charge on any atom is 0.101 e. The summed E-state index contributed by atoms with van der Waals surface area (Å²) in [5.41, 5.74) is 1.10. The monoisotopic (exact) mass is 154 g/mol. The smallest absolute Gasteiger partial charge is 0.101 e. The second-order valence-electron chi connectivity index (χ2n) is 3.36. The predicted molar refractivity (Wildman–Crippen MR) is 43.2 cm³/mol. The average molecular weight is 154 g/mol. The molecule has 11 heavy (non-hydrogen) atoms. The summed E-state index contributed by atoms with van der Waals surface area (Å²) in [7, 11) is 1.83. The quantitative estimate of drug-likeness (QED) is 0.654. The highest BCUT2D eigenvalue weighted by atomic mass is 16.3. The van der Waals surface area contributed by atoms with Crippen molar-refractivity contribution in [3.63, 3.8) is 0 Å². The second kappa shape index (κ2) is 2.34. The molecule has 3 heteroatoms. The van der Waals surface area contributed by atoms with Gasteiger partial charge in [-0.05, 0) is 26.3 Å². The minimum Gasteiger partial charge on any atom is -0.384 e. The highest BCUT2D eigenvalue weighted by Crippen LogP contribution is 2.21. The van der Waals surface area contributed by atoms with E-state index in [1.165, 1.54) is 0 Å². The van der Waals surface area contributed by atoms with Crippen LogP contribution in [0.25, 0.3) is 0 Å². The Morgan fingerprint density at radius 2 is 2.09 bits per heavy atom. The van der Waals surface area contributed by atoms with Crippen LogP contribution in [-0.2, 0) is 12.6 Å². The van der Waals surface area contributed by atoms with Crippen LogP contribution in [0.5, 0.6) is 0 Å². The molecule has 0 amide bonds. The normalized spacial score (nSPS) is 12.1. The number of aromatic nitrogens is 2. The van der Waals surface area contributed by atoms with Crippen LogP contribution in [-0.4, -0.2) is 14.9 Å². The summed E-state index contributed by atoms with van der Waals surface area (Å²) in [6, 6.07) is 0. The van der Waals surface area contributed by atoms with Gasteiger partial charge in [0, 0.05) is 7.05 Å². The molecule has 0 aliphatic rings. The van der Waals surface area contributed by atoms with Crippen molar-refractivity contribution in [3.8, 4) is 0 Å². The van der Waals surface area contributed by atoms with Crippen molar-refractivity contribution in [3.05, 3.63) is 17.5 Å². The second-order valence-corrected chi connectivity index (χ2v) is 3.36. The summed E-state index contributed by atoms with van der Waals surface area (Å²) >= 11 is 0. The van der Waals surface area contributed by atoms with Crippen LogP contribution >= 0.6 is 0 Å². The van der Waals surface area contributed by atoms with Crippen molar-refractivity contribution in [2.75, 3.05) is 0 Å². The molecule has 0 saturated heterocycles. The maximum absolute atomic E-state index is 9.68. The zero-order valence-electron chi connectivity index (χ0n) is 7.42. The third-order valence-electron chi connectivity index (χ3n) is 1.70. The van der Waals surface area contributed by atoms with Crippen molar-refractivity contribution < 1.29 is 5.11 Å². The lowest BCUT2D eigenvalue weighted by Gasteiger charge is -2.18. The lowest BCUT2D eigenvalue weighted by molar-refractivity contribution is 0.0689. The van der Waals surface area contributed by atoms with Gasteiger partial charge in [0.15, 0.2) is 0 Å². The van der Waals surface area contributed by atoms with Gasteiger partial charge in [0.25, 0.3) is 0 Å². The van der Waals surface area contributed by atoms with Gasteiger partial charge in [-0.25, -0.2) is 0 Å². The lowest BCUT2D eigenvalue weighted by Crippen LogP contribution is -2.21. The van der Waals surface area contributed by atoms with Gasteiger partial charge < -0.3 is 5.11 Å². The minimum absolute atomic E-state index is 0.796. The molecule has 1 heterocycles. The summed E-state index contributed by atoms with van der Waals surface area (Å²) < 4.78 is 1.70. The summed E-state index contributed by atoms with van der Waals surface area (Å²) in [5.74, 6) is 0. The van der Waals surface area contributed by atoms with Gasteiger partial charge in [-0.15, -0.1) is 0 Å². The Hall–Kier alpha value is -0.830. The maximum atomic E-state index is 9.68. The first-order chi connectivity index (χ1) is 4.93. The van der Waals surface area contributed by atoms with Gasteiger partial charge >= 0.3 is 0 Å². The van der Waals surface area contributed by atoms with E-state index < -0.39 is 5.60 Å². The fourth-order valence-corrected chi connectivity index (χ4v) is 1.43. The van der Waals surface area contributed by atoms with Crippen LogP contribution in [0.1, 0.15) is 25.1 Å². The Bertz CT molecular complexity index is 238. The summed E-state index contributed by atoms with van der Waals surface area (Å²) in [4.78, 5) is 0. The molecule has 3 nitrogen and oxygen atoms in total. The predicted octanol–water partition coefficient (Wildman–Crippen LogP) is 0.956. The fourth-order valence-electron chi connectivity index (χ4n) is 1.43. The van der Waals surface area contributed by atoms with Crippen LogP contribution in [0.4, 0.5) is 0 Å². The van der Waals surface area contributed by atoms with E-state index >= 15 is 0 Å². The van der Waals surface area contributed by atoms with Gasteiger partial charge in [-0.3, -0.25) is 4.68 Å². The Balaban J connectivity index is 3.21. The number of nitrogens with zero attached hydrogens (tertiary/aromatic N) is 2. The molecule has 0 saturated carbocycles. The summed E-state index contributed by atoms with van der Waals surface area (Å²) in [6.07, 6.45) is 1.76. The number of hydrogen-bond donors (Lipinski definition) is 1. The molecular weight excluding hydrogens is 140 g/mol. The number of hydrogen-bond acceptors (Lipinski definition) is 2. The lowest BCUT2D eigenvalue weighted by atomic mass is 10.0. The van der Waals surface area contributed by atoms with E-state index in [9.17, 15) is 5.11 Å². The van der Waals surface area contributed by atoms with Crippen molar-refractivity contribution >= 4 is 0 Å². The highest BCUT2D eigenvalue weighted by molar-refractivity contribution is 5.20. The first-order valence-electron chi connectivity index (χ1n) is 3.64. The van der Waals surface area contributed by atoms with Crippen molar-refractivity contribution in [2.45, 2.75) is 26.4 Å². The van der Waals surface area contributed by atoms with Gasteiger partial charge in [0.1, 0.15) is 5.60 Å². The minimum atomic E-state index is -0.796. The van der Waals surface area contributed by atoms with Gasteiger partial charge in [0.05, 0.1) is 11.9 Å². The molecule has 0 spiro atoms. The Morgan fingerprint density at radius 1 is 1.55 bits per heavy atom. The molecule has 0 aliphatic carbocycles. The van der Waals surface area contributed by atoms with Crippen LogP contribution in [0, 0.1) is 6.92 Å². The van der Waals surface area contributed by atoms with Crippen molar-refractivity contribution in [1.82, 2.24) is 9.78 Å². The largest absolute Gasteiger partial charge is 0.384 e. The molecule has 0 atom stereocenters. The molecule has 0 bridgehead atoms. The van der Waals surface area contributed by atoms with Gasteiger partial charge in [-0.1, -0.05) is 0 Å². The van der Waals surface area contributed by atoms with Crippen molar-refractivity contribution in [1.29, 1.82) is 0 Å². The molecule has 0 fully saturated rings. The third kappa shape index (κ3) is 1.43. The van der Waals surface area contributed by atoms with E-state index in [1.54, 1.807) is 24.7 Å². The third-order valence-corrected chi connectivity index (χ3v) is 1.70. The van der Waals surface area contributed by atoms with Crippen LogP contribution in [0.15, 0.2) is 6.20 Å². The first-order valence-corrected chi connectivity index (χ1v) is 3.64. The van der Waals surface area contributed by atoms with E-state index in [1.807, 2.05) is 14.0 Å². The molecule has 0 aromatic carbocycles. The van der Waals surface area contributed by atoms with E-state index in [-0.39, 0.29) is 0 Å².